The number of rotatable bonds is 8. The number of methoxy groups -OCH3 is 1. The molecule has 2 rings (SSSR count). The van der Waals surface area contributed by atoms with Crippen molar-refractivity contribution in [2.75, 3.05) is 20.2 Å². The van der Waals surface area contributed by atoms with E-state index >= 15 is 0 Å². The summed E-state index contributed by atoms with van der Waals surface area (Å²) < 4.78 is 5.21. The van der Waals surface area contributed by atoms with E-state index in [4.69, 9.17) is 4.74 Å². The third-order valence-electron chi connectivity index (χ3n) is 4.32. The molecular formula is C21H26N2O3. The number of aryl methyl sites for hydroxylation is 1. The molecule has 1 N–H and O–H groups in total. The molecule has 0 aliphatic rings. The maximum atomic E-state index is 12.2. The number of nitrogens with zero attached hydrogens (tertiary/aromatic N) is 1. The number of hydrogen-bond acceptors (Lipinski definition) is 3. The molecule has 5 nitrogen and oxygen atoms in total. The van der Waals surface area contributed by atoms with Gasteiger partial charge in [0.2, 0.25) is 11.8 Å². The van der Waals surface area contributed by atoms with Gasteiger partial charge in [-0.2, -0.15) is 0 Å². The maximum absolute atomic E-state index is 12.2. The molecule has 0 radical (unpaired) electrons. The highest BCUT2D eigenvalue weighted by molar-refractivity contribution is 5.83. The van der Waals surface area contributed by atoms with E-state index in [2.05, 4.69) is 5.32 Å². The molecule has 2 amide bonds. The Bertz CT molecular complexity index is 758. The summed E-state index contributed by atoms with van der Waals surface area (Å²) in [7, 11) is 1.62. The van der Waals surface area contributed by atoms with Crippen molar-refractivity contribution in [3.05, 3.63) is 65.2 Å². The second-order valence-electron chi connectivity index (χ2n) is 6.25. The van der Waals surface area contributed by atoms with Crippen molar-refractivity contribution in [2.45, 2.75) is 26.8 Å². The zero-order valence-corrected chi connectivity index (χ0v) is 15.6. The summed E-state index contributed by atoms with van der Waals surface area (Å²) in [5.41, 5.74) is 3.27. The zero-order chi connectivity index (χ0) is 18.9. The van der Waals surface area contributed by atoms with Crippen molar-refractivity contribution in [1.82, 2.24) is 10.2 Å². The number of amides is 2. The van der Waals surface area contributed by atoms with Crippen LogP contribution < -0.4 is 10.1 Å². The standard InChI is InChI=1S/C21H26N2O3/c1-16-7-4-5-9-19(16)14-22-21(25)15-23(17(2)24)12-11-18-8-6-10-20(13-18)26-3/h4-10,13H,11-12,14-15H2,1-3H3,(H,22,25). The summed E-state index contributed by atoms with van der Waals surface area (Å²) in [6, 6.07) is 15.6. The first-order chi connectivity index (χ1) is 12.5. The van der Waals surface area contributed by atoms with Crippen LogP contribution in [0.3, 0.4) is 0 Å². The fraction of sp³-hybridized carbons (Fsp3) is 0.333. The molecule has 0 saturated carbocycles. The monoisotopic (exact) mass is 354 g/mol. The fourth-order valence-corrected chi connectivity index (χ4v) is 2.67. The van der Waals surface area contributed by atoms with Crippen molar-refractivity contribution in [2.24, 2.45) is 0 Å². The average molecular weight is 354 g/mol. The Labute approximate surface area is 155 Å². The van der Waals surface area contributed by atoms with E-state index in [0.717, 1.165) is 22.4 Å². The molecule has 0 aliphatic carbocycles. The maximum Gasteiger partial charge on any atom is 0.239 e. The van der Waals surface area contributed by atoms with Crippen LogP contribution >= 0.6 is 0 Å². The van der Waals surface area contributed by atoms with Crippen LogP contribution in [0.4, 0.5) is 0 Å². The van der Waals surface area contributed by atoms with Crippen LogP contribution in [0.2, 0.25) is 0 Å². The summed E-state index contributed by atoms with van der Waals surface area (Å²) >= 11 is 0. The van der Waals surface area contributed by atoms with Crippen molar-refractivity contribution in [3.8, 4) is 5.75 Å². The van der Waals surface area contributed by atoms with Gasteiger partial charge in [0.05, 0.1) is 13.7 Å². The van der Waals surface area contributed by atoms with Gasteiger partial charge < -0.3 is 15.0 Å². The summed E-state index contributed by atoms with van der Waals surface area (Å²) in [6.45, 7) is 4.51. The number of hydrogen-bond donors (Lipinski definition) is 1. The van der Waals surface area contributed by atoms with Gasteiger partial charge in [-0.05, 0) is 42.2 Å². The minimum absolute atomic E-state index is 0.0607. The Balaban J connectivity index is 1.87. The molecule has 0 heterocycles. The highest BCUT2D eigenvalue weighted by Crippen LogP contribution is 2.13. The Kier molecular flexibility index (Phi) is 7.21. The zero-order valence-electron chi connectivity index (χ0n) is 15.6. The van der Waals surface area contributed by atoms with Crippen molar-refractivity contribution in [1.29, 1.82) is 0 Å². The van der Waals surface area contributed by atoms with Crippen molar-refractivity contribution in [3.63, 3.8) is 0 Å². The molecule has 2 aromatic carbocycles. The van der Waals surface area contributed by atoms with Crippen LogP contribution in [0.5, 0.6) is 5.75 Å². The van der Waals surface area contributed by atoms with Gasteiger partial charge in [-0.15, -0.1) is 0 Å². The van der Waals surface area contributed by atoms with Crippen molar-refractivity contribution < 1.29 is 14.3 Å². The lowest BCUT2D eigenvalue weighted by molar-refractivity contribution is -0.134. The van der Waals surface area contributed by atoms with E-state index in [1.807, 2.05) is 55.5 Å². The fourth-order valence-electron chi connectivity index (χ4n) is 2.67. The molecule has 5 heteroatoms. The van der Waals surface area contributed by atoms with Crippen LogP contribution in [-0.2, 0) is 22.6 Å². The van der Waals surface area contributed by atoms with E-state index < -0.39 is 0 Å². The first-order valence-electron chi connectivity index (χ1n) is 8.69. The quantitative estimate of drug-likeness (QED) is 0.793. The molecule has 26 heavy (non-hydrogen) atoms. The van der Waals surface area contributed by atoms with E-state index in [0.29, 0.717) is 19.5 Å². The lowest BCUT2D eigenvalue weighted by Crippen LogP contribution is -2.40. The molecule has 0 aromatic heterocycles. The Morgan fingerprint density at radius 3 is 2.58 bits per heavy atom. The molecule has 138 valence electrons. The van der Waals surface area contributed by atoms with Gasteiger partial charge in [0, 0.05) is 20.0 Å². The smallest absolute Gasteiger partial charge is 0.239 e. The second-order valence-corrected chi connectivity index (χ2v) is 6.25. The predicted molar refractivity (Wildman–Crippen MR) is 102 cm³/mol. The molecule has 0 aliphatic heterocycles. The Morgan fingerprint density at radius 1 is 1.12 bits per heavy atom. The highest BCUT2D eigenvalue weighted by Gasteiger charge is 2.14. The Hall–Kier alpha value is -2.82. The molecule has 0 spiro atoms. The third kappa shape index (κ3) is 5.92. The number of nitrogens with one attached hydrogen (secondary N) is 1. The van der Waals surface area contributed by atoms with Crippen LogP contribution in [-0.4, -0.2) is 36.9 Å². The molecule has 2 aromatic rings. The average Bonchev–Trinajstić information content (AvgIpc) is 2.64. The van der Waals surface area contributed by atoms with E-state index in [1.54, 1.807) is 12.0 Å². The van der Waals surface area contributed by atoms with Crippen LogP contribution in [0.25, 0.3) is 0 Å². The normalized spacial score (nSPS) is 10.3. The van der Waals surface area contributed by atoms with E-state index in [1.165, 1.54) is 6.92 Å². The second kappa shape index (κ2) is 9.61. The Morgan fingerprint density at radius 2 is 1.88 bits per heavy atom. The summed E-state index contributed by atoms with van der Waals surface area (Å²) in [6.07, 6.45) is 0.669. The number of benzene rings is 2. The van der Waals surface area contributed by atoms with E-state index in [9.17, 15) is 9.59 Å². The first-order valence-corrected chi connectivity index (χ1v) is 8.69. The number of carbonyl (C=O) groups excluding carboxylic acids is 2. The molecule has 0 bridgehead atoms. The largest absolute Gasteiger partial charge is 0.497 e. The minimum Gasteiger partial charge on any atom is -0.497 e. The molecule has 0 fully saturated rings. The lowest BCUT2D eigenvalue weighted by atomic mass is 10.1. The summed E-state index contributed by atoms with van der Waals surface area (Å²) in [5, 5.41) is 2.89. The van der Waals surface area contributed by atoms with Crippen LogP contribution in [0.15, 0.2) is 48.5 Å². The van der Waals surface area contributed by atoms with Gasteiger partial charge in [-0.25, -0.2) is 0 Å². The van der Waals surface area contributed by atoms with Gasteiger partial charge in [0.1, 0.15) is 5.75 Å². The SMILES string of the molecule is COc1cccc(CCN(CC(=O)NCc2ccccc2C)C(C)=O)c1. The van der Waals surface area contributed by atoms with Gasteiger partial charge in [-0.3, -0.25) is 9.59 Å². The predicted octanol–water partition coefficient (Wildman–Crippen LogP) is 2.71. The van der Waals surface area contributed by atoms with Crippen molar-refractivity contribution >= 4 is 11.8 Å². The van der Waals surface area contributed by atoms with Gasteiger partial charge in [0.25, 0.3) is 0 Å². The first kappa shape index (κ1) is 19.5. The topological polar surface area (TPSA) is 58.6 Å². The minimum atomic E-state index is -0.158. The molecule has 0 unspecified atom stereocenters. The van der Waals surface area contributed by atoms with Crippen LogP contribution in [0, 0.1) is 6.92 Å². The van der Waals surface area contributed by atoms with Crippen LogP contribution in [0.1, 0.15) is 23.6 Å². The van der Waals surface area contributed by atoms with E-state index in [-0.39, 0.29) is 18.4 Å². The highest BCUT2D eigenvalue weighted by atomic mass is 16.5. The molecule has 0 atom stereocenters. The summed E-state index contributed by atoms with van der Waals surface area (Å²) in [4.78, 5) is 25.7. The molecular weight excluding hydrogens is 328 g/mol. The molecule has 0 saturated heterocycles. The lowest BCUT2D eigenvalue weighted by Gasteiger charge is -2.21. The third-order valence-corrected chi connectivity index (χ3v) is 4.32. The van der Waals surface area contributed by atoms with Gasteiger partial charge in [0.15, 0.2) is 0 Å². The van der Waals surface area contributed by atoms with Gasteiger partial charge in [-0.1, -0.05) is 36.4 Å². The number of carbonyl (C=O) groups is 2. The number of ether oxygens (including phenoxy) is 1. The summed E-state index contributed by atoms with van der Waals surface area (Å²) in [5.74, 6) is 0.515. The van der Waals surface area contributed by atoms with Gasteiger partial charge >= 0.3 is 0 Å².